The molecule has 1 atom stereocenters. The van der Waals surface area contributed by atoms with E-state index in [0.717, 1.165) is 24.2 Å². The van der Waals surface area contributed by atoms with E-state index in [-0.39, 0.29) is 23.8 Å². The van der Waals surface area contributed by atoms with Crippen LogP contribution in [-0.4, -0.2) is 35.3 Å². The lowest BCUT2D eigenvalue weighted by Gasteiger charge is -2.33. The van der Waals surface area contributed by atoms with Crippen molar-refractivity contribution in [3.05, 3.63) is 10.6 Å². The fourth-order valence-corrected chi connectivity index (χ4v) is 3.69. The third-order valence-corrected chi connectivity index (χ3v) is 5.08. The minimum Gasteiger partial charge on any atom is -0.477 e. The number of anilines is 1. The van der Waals surface area contributed by atoms with Crippen LogP contribution in [0.2, 0.25) is 0 Å². The van der Waals surface area contributed by atoms with Gasteiger partial charge in [-0.05, 0) is 25.7 Å². The first-order chi connectivity index (χ1) is 9.86. The van der Waals surface area contributed by atoms with Crippen molar-refractivity contribution in [1.29, 1.82) is 0 Å². The number of carboxylic acids is 1. The van der Waals surface area contributed by atoms with Crippen LogP contribution in [0, 0.1) is 5.92 Å². The fourth-order valence-electron chi connectivity index (χ4n) is 2.66. The quantitative estimate of drug-likeness (QED) is 0.926. The van der Waals surface area contributed by atoms with Gasteiger partial charge < -0.3 is 10.0 Å². The number of rotatable bonds is 3. The zero-order chi connectivity index (χ0) is 15.2. The molecule has 2 heterocycles. The normalized spacial score (nSPS) is 23.4. The molecule has 1 unspecified atom stereocenters. The van der Waals surface area contributed by atoms with Crippen molar-refractivity contribution >= 4 is 22.4 Å². The SMILES string of the molecule is O=C(O)c1sc(N2CCCC(C(F)(F)F)C2)nc1C1CC1. The summed E-state index contributed by atoms with van der Waals surface area (Å²) in [6.07, 6.45) is -1.80. The third-order valence-electron chi connectivity index (χ3n) is 3.96. The zero-order valence-electron chi connectivity index (χ0n) is 11.2. The number of nitrogens with zero attached hydrogens (tertiary/aromatic N) is 2. The highest BCUT2D eigenvalue weighted by molar-refractivity contribution is 7.17. The molecule has 4 nitrogen and oxygen atoms in total. The Labute approximate surface area is 123 Å². The number of thiazole rings is 1. The lowest BCUT2D eigenvalue weighted by atomic mass is 9.98. The molecule has 1 saturated carbocycles. The summed E-state index contributed by atoms with van der Waals surface area (Å²) >= 11 is 1.00. The zero-order valence-corrected chi connectivity index (χ0v) is 12.0. The summed E-state index contributed by atoms with van der Waals surface area (Å²) in [5.41, 5.74) is 0.552. The lowest BCUT2D eigenvalue weighted by Crippen LogP contribution is -2.41. The number of hydrogen-bond acceptors (Lipinski definition) is 4. The van der Waals surface area contributed by atoms with Crippen LogP contribution in [0.5, 0.6) is 0 Å². The Morgan fingerprint density at radius 2 is 2.05 bits per heavy atom. The molecular weight excluding hydrogens is 305 g/mol. The number of carboxylic acid groups (broad SMARTS) is 1. The van der Waals surface area contributed by atoms with Crippen molar-refractivity contribution < 1.29 is 23.1 Å². The molecular formula is C13H15F3N2O2S. The summed E-state index contributed by atoms with van der Waals surface area (Å²) in [5, 5.41) is 9.63. The van der Waals surface area contributed by atoms with Crippen molar-refractivity contribution in [3.8, 4) is 0 Å². The Hall–Kier alpha value is -1.31. The van der Waals surface area contributed by atoms with Crippen LogP contribution in [0.1, 0.15) is 47.0 Å². The van der Waals surface area contributed by atoms with Gasteiger partial charge in [-0.15, -0.1) is 0 Å². The van der Waals surface area contributed by atoms with Gasteiger partial charge in [0.2, 0.25) is 0 Å². The van der Waals surface area contributed by atoms with Crippen molar-refractivity contribution in [2.24, 2.45) is 5.92 Å². The average molecular weight is 320 g/mol. The van der Waals surface area contributed by atoms with Gasteiger partial charge in [-0.2, -0.15) is 13.2 Å². The topological polar surface area (TPSA) is 53.4 Å². The van der Waals surface area contributed by atoms with Crippen molar-refractivity contribution in [1.82, 2.24) is 4.98 Å². The lowest BCUT2D eigenvalue weighted by molar-refractivity contribution is -0.175. The average Bonchev–Trinajstić information content (AvgIpc) is 3.16. The van der Waals surface area contributed by atoms with E-state index in [1.165, 1.54) is 0 Å². The second kappa shape index (κ2) is 5.15. The molecule has 8 heteroatoms. The smallest absolute Gasteiger partial charge is 0.393 e. The molecule has 1 aliphatic carbocycles. The molecule has 1 aromatic rings. The van der Waals surface area contributed by atoms with E-state index in [2.05, 4.69) is 4.98 Å². The Morgan fingerprint density at radius 3 is 2.62 bits per heavy atom. The molecule has 0 aromatic carbocycles. The molecule has 0 spiro atoms. The minimum atomic E-state index is -4.20. The highest BCUT2D eigenvalue weighted by atomic mass is 32.1. The van der Waals surface area contributed by atoms with Crippen LogP contribution < -0.4 is 4.90 Å². The Balaban J connectivity index is 1.83. The van der Waals surface area contributed by atoms with Gasteiger partial charge in [-0.25, -0.2) is 9.78 Å². The Bertz CT molecular complexity index is 554. The van der Waals surface area contributed by atoms with Gasteiger partial charge in [0.05, 0.1) is 11.6 Å². The molecule has 0 bridgehead atoms. The van der Waals surface area contributed by atoms with Crippen LogP contribution >= 0.6 is 11.3 Å². The molecule has 116 valence electrons. The van der Waals surface area contributed by atoms with Crippen LogP contribution in [0.4, 0.5) is 18.3 Å². The van der Waals surface area contributed by atoms with Gasteiger partial charge in [0.1, 0.15) is 4.88 Å². The minimum absolute atomic E-state index is 0.125. The number of alkyl halides is 3. The molecule has 2 aliphatic rings. The molecule has 0 amide bonds. The number of aromatic carboxylic acids is 1. The summed E-state index contributed by atoms with van der Waals surface area (Å²) in [5.74, 6) is -2.22. The van der Waals surface area contributed by atoms with Gasteiger partial charge in [0.25, 0.3) is 0 Å². The van der Waals surface area contributed by atoms with E-state index in [9.17, 15) is 23.1 Å². The molecule has 1 saturated heterocycles. The second-order valence-corrected chi connectivity index (χ2v) is 6.59. The number of piperidine rings is 1. The maximum atomic E-state index is 12.8. The number of hydrogen-bond donors (Lipinski definition) is 1. The summed E-state index contributed by atoms with van der Waals surface area (Å²) < 4.78 is 38.5. The van der Waals surface area contributed by atoms with Gasteiger partial charge >= 0.3 is 12.1 Å². The van der Waals surface area contributed by atoms with Gasteiger partial charge in [0, 0.05) is 19.0 Å². The molecule has 1 aromatic heterocycles. The van der Waals surface area contributed by atoms with Crippen LogP contribution in [0.25, 0.3) is 0 Å². The fraction of sp³-hybridized carbons (Fsp3) is 0.692. The molecule has 1 aliphatic heterocycles. The van der Waals surface area contributed by atoms with Crippen molar-refractivity contribution in [3.63, 3.8) is 0 Å². The van der Waals surface area contributed by atoms with Gasteiger partial charge in [-0.3, -0.25) is 0 Å². The van der Waals surface area contributed by atoms with E-state index < -0.39 is 18.1 Å². The first kappa shape index (κ1) is 14.6. The standard InChI is InChI=1S/C13H15F3N2O2S/c14-13(15,16)8-2-1-5-18(6-8)12-17-9(7-3-4-7)10(21-12)11(19)20/h7-8H,1-6H2,(H,19,20). The van der Waals surface area contributed by atoms with E-state index >= 15 is 0 Å². The summed E-state index contributed by atoms with van der Waals surface area (Å²) in [7, 11) is 0. The van der Waals surface area contributed by atoms with Crippen LogP contribution in [0.3, 0.4) is 0 Å². The molecule has 21 heavy (non-hydrogen) atoms. The Kier molecular flexibility index (Phi) is 3.59. The third kappa shape index (κ3) is 3.00. The molecule has 3 rings (SSSR count). The van der Waals surface area contributed by atoms with E-state index in [0.29, 0.717) is 23.8 Å². The van der Waals surface area contributed by atoms with E-state index in [1.54, 1.807) is 4.90 Å². The predicted octanol–water partition coefficient (Wildman–Crippen LogP) is 3.50. The van der Waals surface area contributed by atoms with E-state index in [1.807, 2.05) is 0 Å². The maximum absolute atomic E-state index is 12.8. The Morgan fingerprint density at radius 1 is 1.33 bits per heavy atom. The largest absolute Gasteiger partial charge is 0.477 e. The maximum Gasteiger partial charge on any atom is 0.393 e. The van der Waals surface area contributed by atoms with Gasteiger partial charge in [0.15, 0.2) is 5.13 Å². The monoisotopic (exact) mass is 320 g/mol. The number of halogens is 3. The van der Waals surface area contributed by atoms with Crippen LogP contribution in [-0.2, 0) is 0 Å². The predicted molar refractivity (Wildman–Crippen MR) is 72.0 cm³/mol. The summed E-state index contributed by atoms with van der Waals surface area (Å²) in [6.45, 7) is 0.378. The first-order valence-corrected chi connectivity index (χ1v) is 7.73. The summed E-state index contributed by atoms with van der Waals surface area (Å²) in [6, 6.07) is 0. The molecule has 0 radical (unpaired) electrons. The highest BCUT2D eigenvalue weighted by Crippen LogP contribution is 2.45. The summed E-state index contributed by atoms with van der Waals surface area (Å²) in [4.78, 5) is 17.3. The van der Waals surface area contributed by atoms with Crippen molar-refractivity contribution in [2.45, 2.75) is 37.8 Å². The highest BCUT2D eigenvalue weighted by Gasteiger charge is 2.42. The van der Waals surface area contributed by atoms with Crippen molar-refractivity contribution in [2.75, 3.05) is 18.0 Å². The second-order valence-electron chi connectivity index (χ2n) is 5.62. The number of aromatic nitrogens is 1. The first-order valence-electron chi connectivity index (χ1n) is 6.92. The van der Waals surface area contributed by atoms with Crippen LogP contribution in [0.15, 0.2) is 0 Å². The number of carbonyl (C=O) groups is 1. The molecule has 1 N–H and O–H groups in total. The van der Waals surface area contributed by atoms with Gasteiger partial charge in [-0.1, -0.05) is 11.3 Å². The van der Waals surface area contributed by atoms with E-state index in [4.69, 9.17) is 0 Å². The molecule has 2 fully saturated rings.